The van der Waals surface area contributed by atoms with Gasteiger partial charge in [-0.05, 0) is 12.1 Å². The summed E-state index contributed by atoms with van der Waals surface area (Å²) >= 11 is 0. The van der Waals surface area contributed by atoms with Crippen LogP contribution in [-0.2, 0) is 4.79 Å². The minimum atomic E-state index is -0.513. The molecule has 0 aliphatic rings. The van der Waals surface area contributed by atoms with Crippen molar-refractivity contribution in [2.24, 2.45) is 0 Å². The monoisotopic (exact) mass is 180 g/mol. The fraction of sp³-hybridized carbons (Fsp3) is 0.125. The van der Waals surface area contributed by atoms with Gasteiger partial charge in [-0.25, -0.2) is 0 Å². The Hall–Kier alpha value is -1.91. The van der Waals surface area contributed by atoms with Crippen molar-refractivity contribution in [2.45, 2.75) is 6.92 Å². The summed E-state index contributed by atoms with van der Waals surface area (Å²) in [5.74, 6) is -0.00222. The first-order valence-electron chi connectivity index (χ1n) is 3.59. The molecule has 2 N–H and O–H groups in total. The zero-order chi connectivity index (χ0) is 9.84. The van der Waals surface area contributed by atoms with Crippen molar-refractivity contribution in [3.8, 4) is 0 Å². The topological polar surface area (TPSA) is 79.0 Å². The number of amides is 1. The second kappa shape index (κ2) is 3.66. The first-order valence-corrected chi connectivity index (χ1v) is 3.59. The predicted molar refractivity (Wildman–Crippen MR) is 46.8 cm³/mol. The Morgan fingerprint density at radius 1 is 1.54 bits per heavy atom. The lowest BCUT2D eigenvalue weighted by atomic mass is 10.3. The first kappa shape index (κ1) is 9.18. The molecule has 0 bridgehead atoms. The molecule has 1 heterocycles. The van der Waals surface area contributed by atoms with Crippen LogP contribution in [0, 0.1) is 0 Å². The van der Waals surface area contributed by atoms with Crippen molar-refractivity contribution >= 4 is 18.0 Å². The fourth-order valence-electron chi connectivity index (χ4n) is 0.840. The zero-order valence-corrected chi connectivity index (χ0v) is 6.96. The normalized spacial score (nSPS) is 9.31. The van der Waals surface area contributed by atoms with E-state index in [1.54, 1.807) is 0 Å². The molecule has 0 atom stereocenters. The smallest absolute Gasteiger partial charge is 0.260 e. The number of hydrogen-bond donors (Lipinski definition) is 2. The average molecular weight is 180 g/mol. The van der Waals surface area contributed by atoms with Gasteiger partial charge in [0, 0.05) is 6.92 Å². The van der Waals surface area contributed by atoms with Crippen molar-refractivity contribution in [1.29, 1.82) is 0 Å². The molecule has 1 aromatic rings. The van der Waals surface area contributed by atoms with Gasteiger partial charge in [0.1, 0.15) is 5.82 Å². The summed E-state index contributed by atoms with van der Waals surface area (Å²) in [6.07, 6.45) is 0.455. The minimum Gasteiger partial charge on any atom is -0.312 e. The molecule has 0 unspecified atom stereocenters. The van der Waals surface area contributed by atoms with E-state index in [0.29, 0.717) is 6.29 Å². The van der Waals surface area contributed by atoms with E-state index >= 15 is 0 Å². The SMILES string of the molecule is CC(=O)Nc1ccc(C=O)c(=O)[nH]1. The molecule has 5 heteroatoms. The van der Waals surface area contributed by atoms with E-state index in [1.165, 1.54) is 19.1 Å². The van der Waals surface area contributed by atoms with E-state index in [4.69, 9.17) is 0 Å². The van der Waals surface area contributed by atoms with Crippen LogP contribution in [0.5, 0.6) is 0 Å². The number of carbonyl (C=O) groups excluding carboxylic acids is 2. The van der Waals surface area contributed by atoms with Gasteiger partial charge < -0.3 is 10.3 Å². The van der Waals surface area contributed by atoms with Crippen LogP contribution < -0.4 is 10.9 Å². The maximum atomic E-state index is 11.0. The van der Waals surface area contributed by atoms with Gasteiger partial charge in [-0.1, -0.05) is 0 Å². The van der Waals surface area contributed by atoms with Gasteiger partial charge in [-0.15, -0.1) is 0 Å². The molecule has 0 aliphatic carbocycles. The van der Waals surface area contributed by atoms with Gasteiger partial charge in [0.15, 0.2) is 6.29 Å². The lowest BCUT2D eigenvalue weighted by Gasteiger charge is -2.00. The highest BCUT2D eigenvalue weighted by Crippen LogP contribution is 1.98. The summed E-state index contributed by atoms with van der Waals surface area (Å²) < 4.78 is 0. The maximum absolute atomic E-state index is 11.0. The lowest BCUT2D eigenvalue weighted by Crippen LogP contribution is -2.16. The van der Waals surface area contributed by atoms with Crippen molar-refractivity contribution in [3.05, 3.63) is 28.0 Å². The van der Waals surface area contributed by atoms with Crippen LogP contribution in [-0.4, -0.2) is 17.2 Å². The van der Waals surface area contributed by atoms with E-state index in [2.05, 4.69) is 10.3 Å². The molecule has 0 spiro atoms. The van der Waals surface area contributed by atoms with Crippen LogP contribution in [0.4, 0.5) is 5.82 Å². The molecule has 68 valence electrons. The van der Waals surface area contributed by atoms with Crippen molar-refractivity contribution < 1.29 is 9.59 Å². The van der Waals surface area contributed by atoms with Gasteiger partial charge in [-0.3, -0.25) is 14.4 Å². The van der Waals surface area contributed by atoms with Crippen molar-refractivity contribution in [3.63, 3.8) is 0 Å². The molecule has 1 rings (SSSR count). The molecular weight excluding hydrogens is 172 g/mol. The quantitative estimate of drug-likeness (QED) is 0.635. The second-order valence-electron chi connectivity index (χ2n) is 2.46. The Labute approximate surface area is 73.8 Å². The summed E-state index contributed by atoms with van der Waals surface area (Å²) in [7, 11) is 0. The largest absolute Gasteiger partial charge is 0.312 e. The standard InChI is InChI=1S/C8H8N2O3/c1-5(12)9-7-3-2-6(4-11)8(13)10-7/h2-4H,1H3,(H2,9,10,12,13). The lowest BCUT2D eigenvalue weighted by molar-refractivity contribution is -0.114. The summed E-state index contributed by atoms with van der Waals surface area (Å²) in [4.78, 5) is 34.2. The van der Waals surface area contributed by atoms with Crippen LogP contribution in [0.25, 0.3) is 0 Å². The molecule has 0 radical (unpaired) electrons. The third kappa shape index (κ3) is 2.26. The Morgan fingerprint density at radius 3 is 2.69 bits per heavy atom. The molecule has 13 heavy (non-hydrogen) atoms. The summed E-state index contributed by atoms with van der Waals surface area (Å²) in [5, 5.41) is 2.39. The van der Waals surface area contributed by atoms with Crippen LogP contribution >= 0.6 is 0 Å². The number of aldehydes is 1. The van der Waals surface area contributed by atoms with E-state index in [-0.39, 0.29) is 17.3 Å². The van der Waals surface area contributed by atoms with Gasteiger partial charge in [0.05, 0.1) is 5.56 Å². The van der Waals surface area contributed by atoms with E-state index in [1.807, 2.05) is 0 Å². The molecule has 1 aromatic heterocycles. The number of pyridine rings is 1. The highest BCUT2D eigenvalue weighted by Gasteiger charge is 1.99. The molecule has 0 aliphatic heterocycles. The van der Waals surface area contributed by atoms with E-state index < -0.39 is 5.56 Å². The third-order valence-electron chi connectivity index (χ3n) is 1.38. The average Bonchev–Trinajstić information content (AvgIpc) is 2.03. The predicted octanol–water partition coefficient (Wildman–Crippen LogP) is 0.146. The molecule has 1 amide bonds. The first-order chi connectivity index (χ1) is 6.13. The molecule has 0 aromatic carbocycles. The summed E-state index contributed by atoms with van der Waals surface area (Å²) in [6, 6.07) is 2.80. The van der Waals surface area contributed by atoms with Gasteiger partial charge in [0.2, 0.25) is 5.91 Å². The molecule has 0 fully saturated rings. The number of H-pyrrole nitrogens is 1. The van der Waals surface area contributed by atoms with Crippen LogP contribution in [0.3, 0.4) is 0 Å². The highest BCUT2D eigenvalue weighted by molar-refractivity contribution is 5.87. The minimum absolute atomic E-state index is 0.0362. The van der Waals surface area contributed by atoms with Gasteiger partial charge >= 0.3 is 0 Å². The number of anilines is 1. The number of carbonyl (C=O) groups is 2. The summed E-state index contributed by atoms with van der Waals surface area (Å²) in [5.41, 5.74) is -0.477. The summed E-state index contributed by atoms with van der Waals surface area (Å²) in [6.45, 7) is 1.33. The molecule has 0 saturated carbocycles. The van der Waals surface area contributed by atoms with Gasteiger partial charge in [-0.2, -0.15) is 0 Å². The number of aromatic amines is 1. The van der Waals surface area contributed by atoms with Gasteiger partial charge in [0.25, 0.3) is 5.56 Å². The van der Waals surface area contributed by atoms with E-state index in [9.17, 15) is 14.4 Å². The maximum Gasteiger partial charge on any atom is 0.260 e. The molecule has 0 saturated heterocycles. The Kier molecular flexibility index (Phi) is 2.59. The number of nitrogens with one attached hydrogen (secondary N) is 2. The number of rotatable bonds is 2. The third-order valence-corrected chi connectivity index (χ3v) is 1.38. The second-order valence-corrected chi connectivity index (χ2v) is 2.46. The zero-order valence-electron chi connectivity index (χ0n) is 6.96. The Balaban J connectivity index is 3.03. The van der Waals surface area contributed by atoms with Crippen LogP contribution in [0.2, 0.25) is 0 Å². The Bertz CT molecular complexity index is 395. The van der Waals surface area contributed by atoms with Crippen molar-refractivity contribution in [1.82, 2.24) is 4.98 Å². The fourth-order valence-corrected chi connectivity index (χ4v) is 0.840. The molecular formula is C8H8N2O3. The van der Waals surface area contributed by atoms with Crippen molar-refractivity contribution in [2.75, 3.05) is 5.32 Å². The number of aromatic nitrogens is 1. The molecule has 5 nitrogen and oxygen atoms in total. The van der Waals surface area contributed by atoms with E-state index in [0.717, 1.165) is 0 Å². The van der Waals surface area contributed by atoms with Crippen LogP contribution in [0.15, 0.2) is 16.9 Å². The number of hydrogen-bond acceptors (Lipinski definition) is 3. The van der Waals surface area contributed by atoms with Crippen LogP contribution in [0.1, 0.15) is 17.3 Å². The Morgan fingerprint density at radius 2 is 2.23 bits per heavy atom. The highest BCUT2D eigenvalue weighted by atomic mass is 16.2.